The van der Waals surface area contributed by atoms with E-state index in [9.17, 15) is 4.39 Å². The monoisotopic (exact) mass is 397 g/mol. The summed E-state index contributed by atoms with van der Waals surface area (Å²) in [6.07, 6.45) is 4.70. The van der Waals surface area contributed by atoms with Crippen molar-refractivity contribution in [1.82, 2.24) is 10.2 Å². The maximum absolute atomic E-state index is 14.0. The highest BCUT2D eigenvalue weighted by atomic mass is 19.1. The minimum Gasteiger partial charge on any atom is -0.497 e. The molecule has 0 aromatic heterocycles. The van der Waals surface area contributed by atoms with Gasteiger partial charge >= 0.3 is 0 Å². The lowest BCUT2D eigenvalue weighted by Crippen LogP contribution is -2.51. The minimum atomic E-state index is -0.0903. The molecule has 0 aliphatic carbocycles. The maximum atomic E-state index is 14.0. The molecular formula is C24H32FN3O. The number of nitrogens with zero attached hydrogens (tertiary/aromatic N) is 2. The SMILES string of the molecule is COc1cccc(N2CCC(NC3CCCN(Cc4ccccc4F)C3)CC2)c1. The summed E-state index contributed by atoms with van der Waals surface area (Å²) in [5.41, 5.74) is 2.05. The third-order valence-corrected chi connectivity index (χ3v) is 6.24. The first-order valence-corrected chi connectivity index (χ1v) is 10.8. The van der Waals surface area contributed by atoms with Gasteiger partial charge in [-0.05, 0) is 50.4 Å². The zero-order valence-electron chi connectivity index (χ0n) is 17.3. The normalized spacial score (nSPS) is 21.3. The number of methoxy groups -OCH3 is 1. The molecule has 2 aromatic rings. The largest absolute Gasteiger partial charge is 0.497 e. The highest BCUT2D eigenvalue weighted by Crippen LogP contribution is 2.25. The molecule has 156 valence electrons. The Hall–Kier alpha value is -2.11. The van der Waals surface area contributed by atoms with E-state index in [1.54, 1.807) is 19.2 Å². The number of likely N-dealkylation sites (tertiary alicyclic amines) is 1. The van der Waals surface area contributed by atoms with E-state index in [0.717, 1.165) is 50.3 Å². The van der Waals surface area contributed by atoms with Gasteiger partial charge in [0, 0.05) is 55.6 Å². The highest BCUT2D eigenvalue weighted by Gasteiger charge is 2.25. The zero-order valence-corrected chi connectivity index (χ0v) is 17.3. The van der Waals surface area contributed by atoms with Crippen molar-refractivity contribution in [3.8, 4) is 5.75 Å². The fourth-order valence-electron chi connectivity index (χ4n) is 4.65. The number of halogens is 1. The number of anilines is 1. The van der Waals surface area contributed by atoms with E-state index in [0.29, 0.717) is 18.6 Å². The Morgan fingerprint density at radius 2 is 1.83 bits per heavy atom. The molecule has 0 amide bonds. The van der Waals surface area contributed by atoms with E-state index in [1.165, 1.54) is 18.5 Å². The summed E-state index contributed by atoms with van der Waals surface area (Å²) < 4.78 is 19.3. The molecule has 1 N–H and O–H groups in total. The summed E-state index contributed by atoms with van der Waals surface area (Å²) in [5, 5.41) is 3.90. The molecule has 0 radical (unpaired) electrons. The van der Waals surface area contributed by atoms with Gasteiger partial charge in [0.15, 0.2) is 0 Å². The lowest BCUT2D eigenvalue weighted by Gasteiger charge is -2.39. The maximum Gasteiger partial charge on any atom is 0.127 e. The molecule has 2 fully saturated rings. The summed E-state index contributed by atoms with van der Waals surface area (Å²) in [4.78, 5) is 4.84. The van der Waals surface area contributed by atoms with Crippen molar-refractivity contribution in [3.05, 3.63) is 59.9 Å². The number of hydrogen-bond acceptors (Lipinski definition) is 4. The van der Waals surface area contributed by atoms with Crippen molar-refractivity contribution >= 4 is 5.69 Å². The molecule has 1 unspecified atom stereocenters. The Morgan fingerprint density at radius 3 is 2.62 bits per heavy atom. The van der Waals surface area contributed by atoms with Gasteiger partial charge in [0.25, 0.3) is 0 Å². The Labute approximate surface area is 173 Å². The summed E-state index contributed by atoms with van der Waals surface area (Å²) in [6, 6.07) is 16.6. The summed E-state index contributed by atoms with van der Waals surface area (Å²) in [5.74, 6) is 0.826. The topological polar surface area (TPSA) is 27.7 Å². The first kappa shape index (κ1) is 20.2. The summed E-state index contributed by atoms with van der Waals surface area (Å²) in [6.45, 7) is 4.90. The number of rotatable bonds is 6. The average molecular weight is 398 g/mol. The van der Waals surface area contributed by atoms with Crippen LogP contribution in [0.3, 0.4) is 0 Å². The molecule has 1 atom stereocenters. The van der Waals surface area contributed by atoms with Crippen LogP contribution < -0.4 is 15.0 Å². The van der Waals surface area contributed by atoms with Crippen LogP contribution in [-0.4, -0.2) is 50.3 Å². The van der Waals surface area contributed by atoms with Gasteiger partial charge in [0.2, 0.25) is 0 Å². The molecule has 0 saturated carbocycles. The van der Waals surface area contributed by atoms with Crippen LogP contribution in [0.1, 0.15) is 31.2 Å². The van der Waals surface area contributed by atoms with Crippen LogP contribution in [-0.2, 0) is 6.54 Å². The van der Waals surface area contributed by atoms with Gasteiger partial charge < -0.3 is 15.0 Å². The molecular weight excluding hydrogens is 365 g/mol. The van der Waals surface area contributed by atoms with Crippen molar-refractivity contribution in [2.45, 2.75) is 44.3 Å². The standard InChI is InChI=1S/C24H32FN3O/c1-29-23-9-4-8-22(16-23)28-14-11-20(12-15-28)26-21-7-5-13-27(18-21)17-19-6-2-3-10-24(19)25/h2-4,6,8-10,16,20-21,26H,5,7,11-15,17-18H2,1H3. The quantitative estimate of drug-likeness (QED) is 0.796. The summed E-state index contributed by atoms with van der Waals surface area (Å²) in [7, 11) is 1.72. The van der Waals surface area contributed by atoms with Crippen molar-refractivity contribution in [1.29, 1.82) is 0 Å². The number of ether oxygens (including phenoxy) is 1. The van der Waals surface area contributed by atoms with Crippen LogP contribution in [0, 0.1) is 5.82 Å². The molecule has 2 aromatic carbocycles. The molecule has 2 aliphatic heterocycles. The number of benzene rings is 2. The molecule has 0 spiro atoms. The Balaban J connectivity index is 1.26. The second kappa shape index (κ2) is 9.59. The van der Waals surface area contributed by atoms with Crippen LogP contribution in [0.15, 0.2) is 48.5 Å². The lowest BCUT2D eigenvalue weighted by molar-refractivity contribution is 0.170. The zero-order chi connectivity index (χ0) is 20.1. The fourth-order valence-corrected chi connectivity index (χ4v) is 4.65. The van der Waals surface area contributed by atoms with Crippen LogP contribution in [0.4, 0.5) is 10.1 Å². The van der Waals surface area contributed by atoms with Gasteiger partial charge in [0.05, 0.1) is 7.11 Å². The molecule has 4 nitrogen and oxygen atoms in total. The van der Waals surface area contributed by atoms with E-state index >= 15 is 0 Å². The molecule has 2 heterocycles. The molecule has 5 heteroatoms. The van der Waals surface area contributed by atoms with Crippen molar-refractivity contribution in [2.24, 2.45) is 0 Å². The highest BCUT2D eigenvalue weighted by molar-refractivity contribution is 5.51. The van der Waals surface area contributed by atoms with E-state index in [2.05, 4.69) is 33.3 Å². The van der Waals surface area contributed by atoms with Crippen molar-refractivity contribution in [3.63, 3.8) is 0 Å². The van der Waals surface area contributed by atoms with Gasteiger partial charge in [-0.1, -0.05) is 24.3 Å². The van der Waals surface area contributed by atoms with Crippen molar-refractivity contribution < 1.29 is 9.13 Å². The van der Waals surface area contributed by atoms with Gasteiger partial charge in [-0.2, -0.15) is 0 Å². The van der Waals surface area contributed by atoms with Crippen molar-refractivity contribution in [2.75, 3.05) is 38.2 Å². The molecule has 2 aliphatic rings. The molecule has 2 saturated heterocycles. The third-order valence-electron chi connectivity index (χ3n) is 6.24. The van der Waals surface area contributed by atoms with Crippen LogP contribution >= 0.6 is 0 Å². The average Bonchev–Trinajstić information content (AvgIpc) is 2.76. The molecule has 0 bridgehead atoms. The predicted molar refractivity (Wildman–Crippen MR) is 116 cm³/mol. The molecule has 29 heavy (non-hydrogen) atoms. The number of piperidine rings is 2. The fraction of sp³-hybridized carbons (Fsp3) is 0.500. The lowest BCUT2D eigenvalue weighted by atomic mass is 9.99. The first-order chi connectivity index (χ1) is 14.2. The van der Waals surface area contributed by atoms with Crippen LogP contribution in [0.25, 0.3) is 0 Å². The Morgan fingerprint density at radius 1 is 1.00 bits per heavy atom. The van der Waals surface area contributed by atoms with E-state index in [1.807, 2.05) is 18.2 Å². The van der Waals surface area contributed by atoms with E-state index in [4.69, 9.17) is 4.74 Å². The van der Waals surface area contributed by atoms with Gasteiger partial charge in [-0.15, -0.1) is 0 Å². The smallest absolute Gasteiger partial charge is 0.127 e. The second-order valence-corrected chi connectivity index (χ2v) is 8.30. The molecule has 4 rings (SSSR count). The number of hydrogen-bond donors (Lipinski definition) is 1. The van der Waals surface area contributed by atoms with E-state index < -0.39 is 0 Å². The first-order valence-electron chi connectivity index (χ1n) is 10.8. The van der Waals surface area contributed by atoms with Gasteiger partial charge in [-0.3, -0.25) is 4.90 Å². The van der Waals surface area contributed by atoms with Crippen LogP contribution in [0.2, 0.25) is 0 Å². The van der Waals surface area contributed by atoms with Crippen LogP contribution in [0.5, 0.6) is 5.75 Å². The van der Waals surface area contributed by atoms with E-state index in [-0.39, 0.29) is 5.82 Å². The summed E-state index contributed by atoms with van der Waals surface area (Å²) >= 11 is 0. The van der Waals surface area contributed by atoms with Gasteiger partial charge in [0.1, 0.15) is 11.6 Å². The Kier molecular flexibility index (Phi) is 6.67. The third kappa shape index (κ3) is 5.28. The second-order valence-electron chi connectivity index (χ2n) is 8.30. The predicted octanol–water partition coefficient (Wildman–Crippen LogP) is 4.06. The van der Waals surface area contributed by atoms with Gasteiger partial charge in [-0.25, -0.2) is 4.39 Å². The Bertz CT molecular complexity index is 791. The minimum absolute atomic E-state index is 0.0903. The number of nitrogens with one attached hydrogen (secondary N) is 1.